The van der Waals surface area contributed by atoms with Crippen LogP contribution in [0.1, 0.15) is 21.5 Å². The molecule has 0 atom stereocenters. The number of carbonyl (C=O) groups excluding carboxylic acids is 3. The molecule has 1 saturated heterocycles. The van der Waals surface area contributed by atoms with E-state index < -0.39 is 5.91 Å². The summed E-state index contributed by atoms with van der Waals surface area (Å²) < 4.78 is 5.41. The Kier molecular flexibility index (Phi) is 4.29. The number of nitrogens with zero attached hydrogens (tertiary/aromatic N) is 2. The summed E-state index contributed by atoms with van der Waals surface area (Å²) in [4.78, 5) is 38.4. The summed E-state index contributed by atoms with van der Waals surface area (Å²) in [5, 5.41) is 0. The molecule has 0 radical (unpaired) electrons. The predicted octanol–water partition coefficient (Wildman–Crippen LogP) is -0.471. The van der Waals surface area contributed by atoms with E-state index >= 15 is 0 Å². The molecule has 7 nitrogen and oxygen atoms in total. The summed E-state index contributed by atoms with van der Waals surface area (Å²) in [5.41, 5.74) is 7.90. The van der Waals surface area contributed by atoms with Crippen LogP contribution in [0.25, 0.3) is 0 Å². The fourth-order valence-electron chi connectivity index (χ4n) is 2.92. The van der Waals surface area contributed by atoms with Crippen LogP contribution in [0.15, 0.2) is 18.2 Å². The molecule has 1 fully saturated rings. The van der Waals surface area contributed by atoms with Crippen LogP contribution < -0.4 is 5.73 Å². The molecule has 0 aliphatic carbocycles. The highest BCUT2D eigenvalue weighted by molar-refractivity contribution is 5.97. The number of piperazine rings is 1. The Bertz CT molecular complexity index is 659. The molecule has 7 heteroatoms. The second-order valence-corrected chi connectivity index (χ2v) is 5.79. The van der Waals surface area contributed by atoms with Gasteiger partial charge in [0.2, 0.25) is 11.8 Å². The number of benzene rings is 1. The average Bonchev–Trinajstić information content (AvgIpc) is 2.55. The van der Waals surface area contributed by atoms with Crippen molar-refractivity contribution >= 4 is 17.7 Å². The van der Waals surface area contributed by atoms with E-state index in [1.165, 1.54) is 15.4 Å². The van der Waals surface area contributed by atoms with Crippen LogP contribution in [0.2, 0.25) is 0 Å². The van der Waals surface area contributed by atoms with Gasteiger partial charge in [0.1, 0.15) is 6.54 Å². The normalized spacial score (nSPS) is 17.8. The van der Waals surface area contributed by atoms with E-state index in [-0.39, 0.29) is 24.9 Å². The standard InChI is InChI=1S/C16H19N3O4/c17-14(20)8-18-4-5-19(9-15(18)21)16(22)12-2-1-11-3-6-23-10-13(11)7-12/h1-2,7H,3-6,8-10H2,(H2,17,20). The van der Waals surface area contributed by atoms with Gasteiger partial charge >= 0.3 is 0 Å². The number of ether oxygens (including phenoxy) is 1. The second-order valence-electron chi connectivity index (χ2n) is 5.79. The SMILES string of the molecule is NC(=O)CN1CCN(C(=O)c2ccc3c(c2)COCC3)CC1=O. The summed E-state index contributed by atoms with van der Waals surface area (Å²) in [6.45, 7) is 1.81. The Morgan fingerprint density at radius 3 is 2.78 bits per heavy atom. The van der Waals surface area contributed by atoms with Gasteiger partial charge in [-0.25, -0.2) is 0 Å². The smallest absolute Gasteiger partial charge is 0.254 e. The van der Waals surface area contributed by atoms with Crippen molar-refractivity contribution in [2.75, 3.05) is 32.8 Å². The molecule has 0 saturated carbocycles. The molecular formula is C16H19N3O4. The molecule has 0 spiro atoms. The monoisotopic (exact) mass is 317 g/mol. The summed E-state index contributed by atoms with van der Waals surface area (Å²) in [7, 11) is 0. The maximum Gasteiger partial charge on any atom is 0.254 e. The second kappa shape index (κ2) is 6.37. The summed E-state index contributed by atoms with van der Waals surface area (Å²) >= 11 is 0. The van der Waals surface area contributed by atoms with Crippen molar-refractivity contribution in [3.8, 4) is 0 Å². The van der Waals surface area contributed by atoms with E-state index in [1.807, 2.05) is 12.1 Å². The molecule has 2 aliphatic rings. The first-order valence-corrected chi connectivity index (χ1v) is 7.59. The molecule has 122 valence electrons. The molecule has 3 rings (SSSR count). The lowest BCUT2D eigenvalue weighted by atomic mass is 10.00. The highest BCUT2D eigenvalue weighted by Crippen LogP contribution is 2.20. The van der Waals surface area contributed by atoms with Crippen molar-refractivity contribution in [1.29, 1.82) is 0 Å². The van der Waals surface area contributed by atoms with Crippen LogP contribution in [-0.2, 0) is 27.4 Å². The molecule has 0 bridgehead atoms. The van der Waals surface area contributed by atoms with Crippen LogP contribution >= 0.6 is 0 Å². The van der Waals surface area contributed by atoms with E-state index in [9.17, 15) is 14.4 Å². The van der Waals surface area contributed by atoms with Crippen molar-refractivity contribution in [3.63, 3.8) is 0 Å². The molecule has 2 heterocycles. The molecule has 2 N–H and O–H groups in total. The van der Waals surface area contributed by atoms with Crippen molar-refractivity contribution in [1.82, 2.24) is 9.80 Å². The molecule has 23 heavy (non-hydrogen) atoms. The highest BCUT2D eigenvalue weighted by Gasteiger charge is 2.28. The lowest BCUT2D eigenvalue weighted by Crippen LogP contribution is -2.54. The summed E-state index contributed by atoms with van der Waals surface area (Å²) in [6, 6.07) is 5.60. The molecule has 0 unspecified atom stereocenters. The van der Waals surface area contributed by atoms with E-state index in [0.717, 1.165) is 12.0 Å². The Morgan fingerprint density at radius 2 is 2.04 bits per heavy atom. The zero-order chi connectivity index (χ0) is 16.4. The third-order valence-electron chi connectivity index (χ3n) is 4.18. The Balaban J connectivity index is 1.69. The number of hydrogen-bond acceptors (Lipinski definition) is 4. The zero-order valence-corrected chi connectivity index (χ0v) is 12.8. The Morgan fingerprint density at radius 1 is 1.22 bits per heavy atom. The minimum atomic E-state index is -0.548. The van der Waals surface area contributed by atoms with E-state index in [4.69, 9.17) is 10.5 Å². The van der Waals surface area contributed by atoms with Gasteiger partial charge in [0.25, 0.3) is 5.91 Å². The molecule has 0 aromatic heterocycles. The van der Waals surface area contributed by atoms with E-state index in [1.54, 1.807) is 6.07 Å². The first kappa shape index (κ1) is 15.5. The Labute approximate surface area is 134 Å². The number of rotatable bonds is 3. The zero-order valence-electron chi connectivity index (χ0n) is 12.8. The summed E-state index contributed by atoms with van der Waals surface area (Å²) in [5.74, 6) is -0.983. The van der Waals surface area contributed by atoms with Crippen LogP contribution in [0.5, 0.6) is 0 Å². The molecular weight excluding hydrogens is 298 g/mol. The van der Waals surface area contributed by atoms with Gasteiger partial charge in [-0.2, -0.15) is 0 Å². The number of carbonyl (C=O) groups is 3. The number of fused-ring (bicyclic) bond motifs is 1. The lowest BCUT2D eigenvalue weighted by molar-refractivity contribution is -0.138. The number of nitrogens with two attached hydrogens (primary N) is 1. The van der Waals surface area contributed by atoms with Crippen molar-refractivity contribution in [2.24, 2.45) is 5.73 Å². The number of amides is 3. The minimum Gasteiger partial charge on any atom is -0.376 e. The quantitative estimate of drug-likeness (QED) is 0.815. The predicted molar refractivity (Wildman–Crippen MR) is 81.5 cm³/mol. The maximum absolute atomic E-state index is 12.6. The van der Waals surface area contributed by atoms with Gasteiger partial charge in [0, 0.05) is 18.7 Å². The van der Waals surface area contributed by atoms with E-state index in [2.05, 4.69) is 0 Å². The number of hydrogen-bond donors (Lipinski definition) is 1. The third kappa shape index (κ3) is 3.34. The van der Waals surface area contributed by atoms with Gasteiger partial charge in [-0.3, -0.25) is 14.4 Å². The van der Waals surface area contributed by atoms with Gasteiger partial charge in [-0.1, -0.05) is 6.07 Å². The largest absolute Gasteiger partial charge is 0.376 e. The fourth-order valence-corrected chi connectivity index (χ4v) is 2.92. The maximum atomic E-state index is 12.6. The molecule has 1 aromatic carbocycles. The first-order valence-electron chi connectivity index (χ1n) is 7.59. The molecule has 3 amide bonds. The first-order chi connectivity index (χ1) is 11.0. The molecule has 1 aromatic rings. The van der Waals surface area contributed by atoms with Gasteiger partial charge < -0.3 is 20.3 Å². The van der Waals surface area contributed by atoms with Crippen LogP contribution in [0.4, 0.5) is 0 Å². The van der Waals surface area contributed by atoms with Crippen LogP contribution in [0, 0.1) is 0 Å². The van der Waals surface area contributed by atoms with Crippen molar-refractivity contribution in [3.05, 3.63) is 34.9 Å². The van der Waals surface area contributed by atoms with Gasteiger partial charge in [-0.15, -0.1) is 0 Å². The Hall–Kier alpha value is -2.41. The van der Waals surface area contributed by atoms with Crippen molar-refractivity contribution in [2.45, 2.75) is 13.0 Å². The van der Waals surface area contributed by atoms with Gasteiger partial charge in [0.05, 0.1) is 19.8 Å². The molecule has 2 aliphatic heterocycles. The van der Waals surface area contributed by atoms with Gasteiger partial charge in [0.15, 0.2) is 0 Å². The van der Waals surface area contributed by atoms with E-state index in [0.29, 0.717) is 31.9 Å². The van der Waals surface area contributed by atoms with Crippen molar-refractivity contribution < 1.29 is 19.1 Å². The van der Waals surface area contributed by atoms with Gasteiger partial charge in [-0.05, 0) is 29.7 Å². The lowest BCUT2D eigenvalue weighted by Gasteiger charge is -2.33. The highest BCUT2D eigenvalue weighted by atomic mass is 16.5. The van der Waals surface area contributed by atoms with Crippen LogP contribution in [0.3, 0.4) is 0 Å². The summed E-state index contributed by atoms with van der Waals surface area (Å²) in [6.07, 6.45) is 0.855. The minimum absolute atomic E-state index is 0.0281. The number of primary amides is 1. The average molecular weight is 317 g/mol. The third-order valence-corrected chi connectivity index (χ3v) is 4.18. The topological polar surface area (TPSA) is 92.9 Å². The fraction of sp³-hybridized carbons (Fsp3) is 0.438. The van der Waals surface area contributed by atoms with Crippen LogP contribution in [-0.4, -0.2) is 60.3 Å².